The maximum atomic E-state index is 10.1. The largest absolute Gasteiger partial charge is 0.506 e. The standard InChI is InChI=1S/C15H15N3OS/c1-11-4-3-7-16-10-14(19)13(6-5-11)12(2)18-15-17-8-9-20-15/h3-10,19H,2H2,1H3,(H,17,18). The first-order chi connectivity index (χ1) is 9.66. The highest BCUT2D eigenvalue weighted by Gasteiger charge is 2.04. The Morgan fingerprint density at radius 2 is 2.15 bits per heavy atom. The highest BCUT2D eigenvalue weighted by molar-refractivity contribution is 7.13. The van der Waals surface area contributed by atoms with Crippen LogP contribution in [0.1, 0.15) is 11.1 Å². The van der Waals surface area contributed by atoms with Gasteiger partial charge in [0.25, 0.3) is 0 Å². The van der Waals surface area contributed by atoms with Crippen LogP contribution in [-0.4, -0.2) is 15.1 Å². The highest BCUT2D eigenvalue weighted by Crippen LogP contribution is 2.24. The van der Waals surface area contributed by atoms with Crippen LogP contribution in [-0.2, 0) is 0 Å². The summed E-state index contributed by atoms with van der Waals surface area (Å²) in [5, 5.41) is 15.7. The van der Waals surface area contributed by atoms with E-state index in [0.717, 1.165) is 10.7 Å². The molecule has 0 aliphatic carbocycles. The van der Waals surface area contributed by atoms with E-state index >= 15 is 0 Å². The molecule has 0 unspecified atom stereocenters. The lowest BCUT2D eigenvalue weighted by Gasteiger charge is -2.07. The van der Waals surface area contributed by atoms with Crippen molar-refractivity contribution >= 4 is 22.2 Å². The van der Waals surface area contributed by atoms with Gasteiger partial charge in [0.05, 0.1) is 6.20 Å². The van der Waals surface area contributed by atoms with Gasteiger partial charge in [0.15, 0.2) is 5.13 Å². The van der Waals surface area contributed by atoms with Gasteiger partial charge in [-0.15, -0.1) is 11.3 Å². The summed E-state index contributed by atoms with van der Waals surface area (Å²) in [7, 11) is 0. The van der Waals surface area contributed by atoms with Crippen LogP contribution in [0.5, 0.6) is 5.75 Å². The van der Waals surface area contributed by atoms with Crippen LogP contribution in [0.25, 0.3) is 5.70 Å². The molecular formula is C15H15N3OS. The molecular weight excluding hydrogens is 270 g/mol. The molecule has 2 rings (SSSR count). The highest BCUT2D eigenvalue weighted by atomic mass is 32.1. The average molecular weight is 285 g/mol. The predicted octanol–water partition coefficient (Wildman–Crippen LogP) is 3.76. The molecule has 0 fully saturated rings. The summed E-state index contributed by atoms with van der Waals surface area (Å²) in [5.41, 5.74) is 2.19. The molecule has 0 aliphatic rings. The maximum absolute atomic E-state index is 10.1. The quantitative estimate of drug-likeness (QED) is 0.901. The van der Waals surface area contributed by atoms with Gasteiger partial charge in [0.2, 0.25) is 0 Å². The molecule has 4 nitrogen and oxygen atoms in total. The Morgan fingerprint density at radius 3 is 2.90 bits per heavy atom. The van der Waals surface area contributed by atoms with Crippen LogP contribution in [0, 0.1) is 6.92 Å². The van der Waals surface area contributed by atoms with Crippen molar-refractivity contribution in [3.8, 4) is 5.75 Å². The van der Waals surface area contributed by atoms with E-state index in [0.29, 0.717) is 11.3 Å². The van der Waals surface area contributed by atoms with Crippen molar-refractivity contribution in [1.29, 1.82) is 0 Å². The Labute approximate surface area is 121 Å². The second kappa shape index (κ2) is 6.68. The van der Waals surface area contributed by atoms with Gasteiger partial charge in [-0.2, -0.15) is 0 Å². The minimum absolute atomic E-state index is 0.0506. The average Bonchev–Trinajstić information content (AvgIpc) is 2.91. The van der Waals surface area contributed by atoms with Gasteiger partial charge in [0, 0.05) is 29.0 Å². The summed E-state index contributed by atoms with van der Waals surface area (Å²) in [6, 6.07) is 7.46. The van der Waals surface area contributed by atoms with E-state index in [4.69, 9.17) is 0 Å². The van der Waals surface area contributed by atoms with Gasteiger partial charge in [-0.3, -0.25) is 4.98 Å². The fourth-order valence-corrected chi connectivity index (χ4v) is 2.07. The van der Waals surface area contributed by atoms with Crippen LogP contribution >= 0.6 is 11.3 Å². The molecule has 0 saturated carbocycles. The number of rotatable bonds is 3. The van der Waals surface area contributed by atoms with Crippen molar-refractivity contribution < 1.29 is 5.11 Å². The smallest absolute Gasteiger partial charge is 0.187 e. The fourth-order valence-electron chi connectivity index (χ4n) is 1.52. The topological polar surface area (TPSA) is 58.0 Å². The van der Waals surface area contributed by atoms with Crippen LogP contribution in [0.4, 0.5) is 5.13 Å². The molecule has 0 spiro atoms. The Balaban J connectivity index is 2.41. The molecule has 0 saturated heterocycles. The number of nitrogens with zero attached hydrogens (tertiary/aromatic N) is 2. The molecule has 2 aromatic heterocycles. The number of hydrogen-bond acceptors (Lipinski definition) is 5. The summed E-state index contributed by atoms with van der Waals surface area (Å²) < 4.78 is 0. The fraction of sp³-hybridized carbons (Fsp3) is 0.0667. The zero-order valence-electron chi connectivity index (χ0n) is 11.1. The van der Waals surface area contributed by atoms with E-state index in [1.807, 2.05) is 30.5 Å². The van der Waals surface area contributed by atoms with Crippen LogP contribution < -0.4 is 5.32 Å². The summed E-state index contributed by atoms with van der Waals surface area (Å²) in [6.45, 7) is 5.91. The van der Waals surface area contributed by atoms with Gasteiger partial charge in [-0.25, -0.2) is 4.98 Å². The van der Waals surface area contributed by atoms with Crippen molar-refractivity contribution in [3.05, 3.63) is 65.9 Å². The van der Waals surface area contributed by atoms with Crippen LogP contribution in [0.3, 0.4) is 0 Å². The minimum Gasteiger partial charge on any atom is -0.506 e. The van der Waals surface area contributed by atoms with Crippen molar-refractivity contribution in [2.75, 3.05) is 5.32 Å². The number of nitrogens with one attached hydrogen (secondary N) is 1. The zero-order valence-corrected chi connectivity index (χ0v) is 11.9. The molecule has 20 heavy (non-hydrogen) atoms. The molecule has 0 amide bonds. The molecule has 0 atom stereocenters. The van der Waals surface area contributed by atoms with Gasteiger partial charge in [-0.1, -0.05) is 24.3 Å². The summed E-state index contributed by atoms with van der Waals surface area (Å²) >= 11 is 1.47. The second-order valence-electron chi connectivity index (χ2n) is 4.10. The monoisotopic (exact) mass is 285 g/mol. The molecule has 2 N–H and O–H groups in total. The summed E-state index contributed by atoms with van der Waals surface area (Å²) in [6.07, 6.45) is 4.71. The normalized spacial score (nSPS) is 9.65. The second-order valence-corrected chi connectivity index (χ2v) is 5.00. The number of aromatic hydroxyl groups is 1. The number of thiazole rings is 1. The Bertz CT molecular complexity index is 652. The number of aryl methyl sites for hydroxylation is 1. The molecule has 0 aromatic carbocycles. The maximum Gasteiger partial charge on any atom is 0.187 e. The first-order valence-electron chi connectivity index (χ1n) is 6.00. The zero-order chi connectivity index (χ0) is 14.4. The van der Waals surface area contributed by atoms with Crippen molar-refractivity contribution in [2.45, 2.75) is 6.92 Å². The first kappa shape index (κ1) is 14.0. The van der Waals surface area contributed by atoms with Gasteiger partial charge in [0.1, 0.15) is 5.75 Å². The van der Waals surface area contributed by atoms with Gasteiger partial charge < -0.3 is 10.4 Å². The van der Waals surface area contributed by atoms with Gasteiger partial charge >= 0.3 is 0 Å². The third-order valence-corrected chi connectivity index (χ3v) is 3.22. The van der Waals surface area contributed by atoms with Gasteiger partial charge in [-0.05, 0) is 19.1 Å². The van der Waals surface area contributed by atoms with E-state index < -0.39 is 0 Å². The van der Waals surface area contributed by atoms with E-state index in [-0.39, 0.29) is 5.75 Å². The Kier molecular flexibility index (Phi) is 4.68. The molecule has 2 heterocycles. The van der Waals surface area contributed by atoms with Crippen molar-refractivity contribution in [1.82, 2.24) is 9.97 Å². The Hall–Kier alpha value is -2.40. The molecule has 0 bridgehead atoms. The molecule has 0 aliphatic heterocycles. The molecule has 0 radical (unpaired) electrons. The first-order valence-corrected chi connectivity index (χ1v) is 6.88. The lowest BCUT2D eigenvalue weighted by Crippen LogP contribution is -1.96. The lowest BCUT2D eigenvalue weighted by molar-refractivity contribution is 0.472. The van der Waals surface area contributed by atoms with E-state index in [9.17, 15) is 5.11 Å². The van der Waals surface area contributed by atoms with E-state index in [1.165, 1.54) is 17.5 Å². The summed E-state index contributed by atoms with van der Waals surface area (Å²) in [4.78, 5) is 8.13. The molecule has 102 valence electrons. The Morgan fingerprint density at radius 1 is 1.30 bits per heavy atom. The van der Waals surface area contributed by atoms with E-state index in [1.54, 1.807) is 18.5 Å². The summed E-state index contributed by atoms with van der Waals surface area (Å²) in [5.74, 6) is 0.0506. The third-order valence-electron chi connectivity index (χ3n) is 2.53. The molecule has 5 heteroatoms. The number of anilines is 1. The van der Waals surface area contributed by atoms with Crippen molar-refractivity contribution in [3.63, 3.8) is 0 Å². The number of hydrogen-bond donors (Lipinski definition) is 2. The lowest BCUT2D eigenvalue weighted by atomic mass is 10.2. The third kappa shape index (κ3) is 3.80. The SMILES string of the molecule is C=C(Nc1nccs1)c1ccc(C)cccncc1O. The van der Waals surface area contributed by atoms with Crippen LogP contribution in [0.15, 0.2) is 54.8 Å². The number of aromatic nitrogens is 2. The minimum atomic E-state index is 0.0506. The predicted molar refractivity (Wildman–Crippen MR) is 83.0 cm³/mol. The van der Waals surface area contributed by atoms with Crippen LogP contribution in [0.2, 0.25) is 0 Å². The molecule has 2 aromatic rings. The van der Waals surface area contributed by atoms with E-state index in [2.05, 4.69) is 21.9 Å². The van der Waals surface area contributed by atoms with Crippen molar-refractivity contribution in [2.24, 2.45) is 0 Å².